The van der Waals surface area contributed by atoms with Crippen LogP contribution in [0.3, 0.4) is 0 Å². The van der Waals surface area contributed by atoms with Crippen LogP contribution in [0.4, 0.5) is 0 Å². The summed E-state index contributed by atoms with van der Waals surface area (Å²) < 4.78 is 27.2. The van der Waals surface area contributed by atoms with E-state index in [1.165, 1.54) is 0 Å². The second kappa shape index (κ2) is 4.99. The number of H-pyrrole nitrogens is 1. The maximum absolute atomic E-state index is 12.2. The molecule has 3 N–H and O–H groups in total. The van der Waals surface area contributed by atoms with Gasteiger partial charge in [0.05, 0.1) is 0 Å². The molecule has 18 heavy (non-hydrogen) atoms. The number of rotatable bonds is 6. The molecule has 0 saturated heterocycles. The zero-order valence-electron chi connectivity index (χ0n) is 10.9. The first-order valence-electron chi connectivity index (χ1n) is 6.20. The van der Waals surface area contributed by atoms with E-state index in [1.54, 1.807) is 7.05 Å². The fraction of sp³-hybridized carbons (Fsp3) is 0.727. The molecule has 1 saturated carbocycles. The monoisotopic (exact) mass is 272 g/mol. The third-order valence-corrected chi connectivity index (χ3v) is 4.86. The van der Waals surface area contributed by atoms with E-state index in [9.17, 15) is 8.42 Å². The minimum Gasteiger partial charge on any atom is -0.316 e. The smallest absolute Gasteiger partial charge is 0.260 e. The molecular weight excluding hydrogens is 252 g/mol. The minimum absolute atomic E-state index is 0.0828. The number of hydrogen-bond acceptors (Lipinski definition) is 4. The molecule has 1 aromatic heterocycles. The van der Waals surface area contributed by atoms with Crippen LogP contribution in [-0.4, -0.2) is 31.7 Å². The maximum atomic E-state index is 12.2. The zero-order chi connectivity index (χ0) is 13.3. The van der Waals surface area contributed by atoms with Gasteiger partial charge in [-0.2, -0.15) is 5.10 Å². The number of hydrogen-bond donors (Lipinski definition) is 3. The molecule has 0 aliphatic heterocycles. The molecular formula is C11H20N4O2S. The van der Waals surface area contributed by atoms with Crippen LogP contribution in [0.25, 0.3) is 0 Å². The van der Waals surface area contributed by atoms with Gasteiger partial charge in [-0.1, -0.05) is 13.3 Å². The molecule has 102 valence electrons. The van der Waals surface area contributed by atoms with E-state index in [0.29, 0.717) is 18.0 Å². The molecule has 1 fully saturated rings. The van der Waals surface area contributed by atoms with E-state index in [0.717, 1.165) is 18.5 Å². The summed E-state index contributed by atoms with van der Waals surface area (Å²) in [6, 6.07) is 0.0828. The molecule has 7 heteroatoms. The Hall–Kier alpha value is -0.920. The van der Waals surface area contributed by atoms with Crippen molar-refractivity contribution in [1.82, 2.24) is 20.2 Å². The molecule has 0 spiro atoms. The topological polar surface area (TPSA) is 86.9 Å². The van der Waals surface area contributed by atoms with Crippen LogP contribution in [0.5, 0.6) is 0 Å². The number of aryl methyl sites for hydroxylation is 1. The predicted octanol–water partition coefficient (Wildman–Crippen LogP) is 0.514. The van der Waals surface area contributed by atoms with Crippen LogP contribution in [0.2, 0.25) is 0 Å². The van der Waals surface area contributed by atoms with E-state index in [1.807, 2.05) is 6.92 Å². The highest BCUT2D eigenvalue weighted by molar-refractivity contribution is 7.89. The highest BCUT2D eigenvalue weighted by Gasteiger charge is 2.39. The highest BCUT2D eigenvalue weighted by atomic mass is 32.2. The maximum Gasteiger partial charge on any atom is 0.260 e. The molecule has 1 heterocycles. The summed E-state index contributed by atoms with van der Waals surface area (Å²) in [7, 11) is -1.72. The Labute approximate surface area is 108 Å². The van der Waals surface area contributed by atoms with Gasteiger partial charge in [0.1, 0.15) is 0 Å². The minimum atomic E-state index is -3.50. The van der Waals surface area contributed by atoms with Gasteiger partial charge in [0.2, 0.25) is 0 Å². The average Bonchev–Trinajstić information content (AvgIpc) is 2.94. The predicted molar refractivity (Wildman–Crippen MR) is 68.6 cm³/mol. The van der Waals surface area contributed by atoms with Crippen molar-refractivity contribution < 1.29 is 8.42 Å². The van der Waals surface area contributed by atoms with E-state index in [-0.39, 0.29) is 11.1 Å². The van der Waals surface area contributed by atoms with Crippen molar-refractivity contribution >= 4 is 10.0 Å². The lowest BCUT2D eigenvalue weighted by Gasteiger charge is -2.06. The van der Waals surface area contributed by atoms with Gasteiger partial charge in [-0.25, -0.2) is 13.1 Å². The first-order valence-corrected chi connectivity index (χ1v) is 7.68. The molecule has 1 aromatic rings. The molecule has 0 amide bonds. The Morgan fingerprint density at radius 3 is 2.78 bits per heavy atom. The van der Waals surface area contributed by atoms with Gasteiger partial charge in [-0.3, -0.25) is 5.10 Å². The number of nitrogens with zero attached hydrogens (tertiary/aromatic N) is 1. The van der Waals surface area contributed by atoms with E-state index in [2.05, 4.69) is 27.2 Å². The van der Waals surface area contributed by atoms with Crippen molar-refractivity contribution in [3.8, 4) is 0 Å². The quantitative estimate of drug-likeness (QED) is 0.704. The van der Waals surface area contributed by atoms with Crippen LogP contribution < -0.4 is 10.0 Å². The second-order valence-electron chi connectivity index (χ2n) is 4.79. The van der Waals surface area contributed by atoms with Crippen LogP contribution >= 0.6 is 0 Å². The Bertz CT molecular complexity index is 523. The van der Waals surface area contributed by atoms with Gasteiger partial charge in [0.25, 0.3) is 10.0 Å². The summed E-state index contributed by atoms with van der Waals surface area (Å²) in [5.74, 6) is 0.479. The fourth-order valence-electron chi connectivity index (χ4n) is 2.14. The molecule has 0 aromatic carbocycles. The molecule has 2 unspecified atom stereocenters. The molecule has 0 bridgehead atoms. The van der Waals surface area contributed by atoms with Crippen molar-refractivity contribution in [2.75, 3.05) is 7.05 Å². The van der Waals surface area contributed by atoms with Crippen molar-refractivity contribution in [2.45, 2.75) is 44.3 Å². The van der Waals surface area contributed by atoms with E-state index < -0.39 is 10.0 Å². The molecule has 1 aliphatic carbocycles. The fourth-order valence-corrected chi connectivity index (χ4v) is 3.65. The van der Waals surface area contributed by atoms with Gasteiger partial charge in [0, 0.05) is 23.8 Å². The third-order valence-electron chi connectivity index (χ3n) is 3.40. The number of aromatic amines is 1. The number of sulfonamides is 1. The third kappa shape index (κ3) is 2.57. The van der Waals surface area contributed by atoms with Gasteiger partial charge in [0.15, 0.2) is 5.03 Å². The van der Waals surface area contributed by atoms with Gasteiger partial charge in [-0.05, 0) is 26.3 Å². The number of nitrogens with one attached hydrogen (secondary N) is 3. The molecule has 1 aliphatic rings. The van der Waals surface area contributed by atoms with Crippen molar-refractivity contribution in [1.29, 1.82) is 0 Å². The van der Waals surface area contributed by atoms with E-state index >= 15 is 0 Å². The molecule has 2 atom stereocenters. The van der Waals surface area contributed by atoms with E-state index in [4.69, 9.17) is 0 Å². The zero-order valence-corrected chi connectivity index (χ0v) is 11.8. The second-order valence-corrected chi connectivity index (χ2v) is 6.42. The highest BCUT2D eigenvalue weighted by Crippen LogP contribution is 2.34. The number of aromatic nitrogens is 2. The van der Waals surface area contributed by atoms with Crippen LogP contribution in [0, 0.1) is 12.8 Å². The summed E-state index contributed by atoms with van der Waals surface area (Å²) in [5, 5.41) is 9.74. The molecule has 0 radical (unpaired) electrons. The Morgan fingerprint density at radius 2 is 2.22 bits per heavy atom. The lowest BCUT2D eigenvalue weighted by atomic mass is 10.3. The lowest BCUT2D eigenvalue weighted by Crippen LogP contribution is -2.28. The Balaban J connectivity index is 2.19. The first kappa shape index (κ1) is 13.5. The summed E-state index contributed by atoms with van der Waals surface area (Å²) in [4.78, 5) is 0. The van der Waals surface area contributed by atoms with Crippen molar-refractivity contribution in [2.24, 2.45) is 5.92 Å². The first-order chi connectivity index (χ1) is 8.49. The summed E-state index contributed by atoms with van der Waals surface area (Å²) in [5.41, 5.74) is 1.49. The van der Waals surface area contributed by atoms with Crippen LogP contribution in [0.15, 0.2) is 5.03 Å². The van der Waals surface area contributed by atoms with Crippen LogP contribution in [0.1, 0.15) is 31.0 Å². The lowest BCUT2D eigenvalue weighted by molar-refractivity contribution is 0.569. The summed E-state index contributed by atoms with van der Waals surface area (Å²) >= 11 is 0. The van der Waals surface area contributed by atoms with Gasteiger partial charge >= 0.3 is 0 Å². The summed E-state index contributed by atoms with van der Waals surface area (Å²) in [6.07, 6.45) is 1.94. The average molecular weight is 272 g/mol. The standard InChI is InChI=1S/C11H20N4O2S/c1-4-8-5-10(8)15-18(16,17)11-9(6-12-3)7(2)13-14-11/h8,10,12,15H,4-6H2,1-3H3,(H,13,14). The summed E-state index contributed by atoms with van der Waals surface area (Å²) in [6.45, 7) is 4.38. The largest absolute Gasteiger partial charge is 0.316 e. The van der Waals surface area contributed by atoms with Crippen LogP contribution in [-0.2, 0) is 16.6 Å². The van der Waals surface area contributed by atoms with Crippen molar-refractivity contribution in [3.05, 3.63) is 11.3 Å². The SMILES string of the molecule is CCC1CC1NS(=O)(=O)c1n[nH]c(C)c1CNC. The van der Waals surface area contributed by atoms with Gasteiger partial charge < -0.3 is 5.32 Å². The van der Waals surface area contributed by atoms with Crippen molar-refractivity contribution in [3.63, 3.8) is 0 Å². The molecule has 6 nitrogen and oxygen atoms in total. The Morgan fingerprint density at radius 1 is 1.50 bits per heavy atom. The normalized spacial score (nSPS) is 23.3. The molecule has 2 rings (SSSR count). The Kier molecular flexibility index (Phi) is 3.74. The van der Waals surface area contributed by atoms with Gasteiger partial charge in [-0.15, -0.1) is 0 Å².